The molecule has 0 amide bonds. The molecule has 1 N–H and O–H groups in total. The van der Waals surface area contributed by atoms with Gasteiger partial charge in [-0.05, 0) is 47.6 Å². The zero-order valence-corrected chi connectivity index (χ0v) is 13.4. The number of hydrogen-bond acceptors (Lipinski definition) is 2. The zero-order valence-electron chi connectivity index (χ0n) is 13.4. The minimum absolute atomic E-state index is 0.204. The lowest BCUT2D eigenvalue weighted by atomic mass is 9.87. The summed E-state index contributed by atoms with van der Waals surface area (Å²) in [7, 11) is 0. The van der Waals surface area contributed by atoms with E-state index in [0.29, 0.717) is 5.92 Å². The van der Waals surface area contributed by atoms with Crippen LogP contribution in [0.2, 0.25) is 0 Å². The molecule has 2 aromatic rings. The molecule has 2 heteroatoms. The second-order valence-electron chi connectivity index (χ2n) is 7.30. The standard InChI is InChI=1S/C19H25NO/c1-13-11-17(13)18-10-9-16(21-18)12-20-15-7-5-14(6-8-15)19(2,3)4/h5-10,13,17,20H,11-12H2,1-4H3. The van der Waals surface area contributed by atoms with Gasteiger partial charge in [-0.1, -0.05) is 39.8 Å². The van der Waals surface area contributed by atoms with Gasteiger partial charge in [-0.3, -0.25) is 0 Å². The molecule has 2 unspecified atom stereocenters. The molecule has 1 fully saturated rings. The first-order valence-electron chi connectivity index (χ1n) is 7.86. The highest BCUT2D eigenvalue weighted by Gasteiger charge is 2.36. The van der Waals surface area contributed by atoms with Gasteiger partial charge in [0.2, 0.25) is 0 Å². The van der Waals surface area contributed by atoms with Crippen LogP contribution in [0.3, 0.4) is 0 Å². The van der Waals surface area contributed by atoms with E-state index in [2.05, 4.69) is 69.4 Å². The van der Waals surface area contributed by atoms with Crippen molar-refractivity contribution in [3.05, 3.63) is 53.5 Å². The van der Waals surface area contributed by atoms with Crippen LogP contribution in [-0.2, 0) is 12.0 Å². The number of nitrogens with one attached hydrogen (secondary N) is 1. The van der Waals surface area contributed by atoms with Gasteiger partial charge in [-0.15, -0.1) is 0 Å². The number of hydrogen-bond donors (Lipinski definition) is 1. The zero-order chi connectivity index (χ0) is 15.0. The van der Waals surface area contributed by atoms with E-state index < -0.39 is 0 Å². The van der Waals surface area contributed by atoms with Crippen LogP contribution in [0, 0.1) is 5.92 Å². The molecule has 21 heavy (non-hydrogen) atoms. The van der Waals surface area contributed by atoms with Crippen molar-refractivity contribution in [3.63, 3.8) is 0 Å². The average Bonchev–Trinajstić information content (AvgIpc) is 2.99. The fourth-order valence-corrected chi connectivity index (χ4v) is 2.68. The molecule has 112 valence electrons. The van der Waals surface area contributed by atoms with Crippen LogP contribution in [0.15, 0.2) is 40.8 Å². The predicted octanol–water partition coefficient (Wildman–Crippen LogP) is 5.31. The molecule has 1 aliphatic carbocycles. The maximum absolute atomic E-state index is 5.92. The van der Waals surface area contributed by atoms with Gasteiger partial charge in [-0.2, -0.15) is 0 Å². The second-order valence-corrected chi connectivity index (χ2v) is 7.30. The molecule has 0 saturated heterocycles. The van der Waals surface area contributed by atoms with Crippen molar-refractivity contribution < 1.29 is 4.42 Å². The lowest BCUT2D eigenvalue weighted by molar-refractivity contribution is 0.468. The second kappa shape index (κ2) is 5.25. The number of benzene rings is 1. The number of rotatable bonds is 4. The molecule has 1 aromatic carbocycles. The normalized spacial score (nSPS) is 21.3. The highest BCUT2D eigenvalue weighted by Crippen LogP contribution is 2.47. The van der Waals surface area contributed by atoms with Gasteiger partial charge in [0.05, 0.1) is 6.54 Å². The maximum Gasteiger partial charge on any atom is 0.123 e. The first-order valence-corrected chi connectivity index (χ1v) is 7.86. The lowest BCUT2D eigenvalue weighted by Gasteiger charge is -2.19. The van der Waals surface area contributed by atoms with Crippen LogP contribution in [0.25, 0.3) is 0 Å². The van der Waals surface area contributed by atoms with Crippen LogP contribution < -0.4 is 5.32 Å². The van der Waals surface area contributed by atoms with Crippen LogP contribution in [-0.4, -0.2) is 0 Å². The number of furan rings is 1. The molecular weight excluding hydrogens is 258 g/mol. The van der Waals surface area contributed by atoms with E-state index in [0.717, 1.165) is 29.7 Å². The van der Waals surface area contributed by atoms with Crippen molar-refractivity contribution in [3.8, 4) is 0 Å². The minimum atomic E-state index is 0.204. The third-order valence-electron chi connectivity index (χ3n) is 4.38. The lowest BCUT2D eigenvalue weighted by Crippen LogP contribution is -2.10. The summed E-state index contributed by atoms with van der Waals surface area (Å²) in [6.45, 7) is 9.73. The van der Waals surface area contributed by atoms with Crippen molar-refractivity contribution in [2.75, 3.05) is 5.32 Å². The van der Waals surface area contributed by atoms with E-state index in [4.69, 9.17) is 4.42 Å². The maximum atomic E-state index is 5.92. The smallest absolute Gasteiger partial charge is 0.123 e. The van der Waals surface area contributed by atoms with E-state index in [-0.39, 0.29) is 5.41 Å². The SMILES string of the molecule is CC1CC1c1ccc(CNc2ccc(C(C)(C)C)cc2)o1. The molecule has 0 spiro atoms. The van der Waals surface area contributed by atoms with Gasteiger partial charge < -0.3 is 9.73 Å². The highest BCUT2D eigenvalue weighted by atomic mass is 16.3. The molecule has 1 saturated carbocycles. The largest absolute Gasteiger partial charge is 0.464 e. The van der Waals surface area contributed by atoms with Gasteiger partial charge in [0.15, 0.2) is 0 Å². The summed E-state index contributed by atoms with van der Waals surface area (Å²) in [5, 5.41) is 3.43. The van der Waals surface area contributed by atoms with E-state index in [1.165, 1.54) is 12.0 Å². The van der Waals surface area contributed by atoms with Crippen LogP contribution >= 0.6 is 0 Å². The van der Waals surface area contributed by atoms with E-state index in [1.54, 1.807) is 0 Å². The molecule has 1 aromatic heterocycles. The van der Waals surface area contributed by atoms with Crippen molar-refractivity contribution in [2.45, 2.75) is 52.0 Å². The molecule has 1 heterocycles. The Balaban J connectivity index is 1.58. The van der Waals surface area contributed by atoms with Crippen molar-refractivity contribution in [2.24, 2.45) is 5.92 Å². The van der Waals surface area contributed by atoms with Crippen molar-refractivity contribution in [1.82, 2.24) is 0 Å². The molecule has 0 aliphatic heterocycles. The highest BCUT2D eigenvalue weighted by molar-refractivity contribution is 5.46. The first-order chi connectivity index (χ1) is 9.93. The fourth-order valence-electron chi connectivity index (χ4n) is 2.68. The fraction of sp³-hybridized carbons (Fsp3) is 0.474. The molecule has 2 nitrogen and oxygen atoms in total. The van der Waals surface area contributed by atoms with Crippen molar-refractivity contribution >= 4 is 5.69 Å². The Labute approximate surface area is 127 Å². The third-order valence-corrected chi connectivity index (χ3v) is 4.38. The summed E-state index contributed by atoms with van der Waals surface area (Å²) in [6.07, 6.45) is 1.27. The monoisotopic (exact) mass is 283 g/mol. The summed E-state index contributed by atoms with van der Waals surface area (Å²) in [4.78, 5) is 0. The Bertz CT molecular complexity index is 603. The third kappa shape index (κ3) is 3.31. The molecule has 0 bridgehead atoms. The van der Waals surface area contributed by atoms with E-state index in [1.807, 2.05) is 0 Å². The van der Waals surface area contributed by atoms with Gasteiger partial charge >= 0.3 is 0 Å². The summed E-state index contributed by atoms with van der Waals surface area (Å²) in [5.74, 6) is 3.62. The number of anilines is 1. The summed E-state index contributed by atoms with van der Waals surface area (Å²) >= 11 is 0. The molecular formula is C19H25NO. The van der Waals surface area contributed by atoms with Gasteiger partial charge in [-0.25, -0.2) is 0 Å². The Morgan fingerprint density at radius 1 is 1.10 bits per heavy atom. The van der Waals surface area contributed by atoms with E-state index >= 15 is 0 Å². The topological polar surface area (TPSA) is 25.2 Å². The van der Waals surface area contributed by atoms with Gasteiger partial charge in [0.1, 0.15) is 11.5 Å². The molecule has 0 radical (unpaired) electrons. The summed E-state index contributed by atoms with van der Waals surface area (Å²) in [5.41, 5.74) is 2.70. The molecule has 3 rings (SSSR count). The van der Waals surface area contributed by atoms with Crippen LogP contribution in [0.4, 0.5) is 5.69 Å². The average molecular weight is 283 g/mol. The van der Waals surface area contributed by atoms with Crippen LogP contribution in [0.5, 0.6) is 0 Å². The van der Waals surface area contributed by atoms with Gasteiger partial charge in [0, 0.05) is 11.6 Å². The first kappa shape index (κ1) is 14.2. The van der Waals surface area contributed by atoms with Gasteiger partial charge in [0.25, 0.3) is 0 Å². The Hall–Kier alpha value is -1.70. The predicted molar refractivity (Wildman–Crippen MR) is 87.7 cm³/mol. The minimum Gasteiger partial charge on any atom is -0.464 e. The molecule has 2 atom stereocenters. The van der Waals surface area contributed by atoms with E-state index in [9.17, 15) is 0 Å². The summed E-state index contributed by atoms with van der Waals surface area (Å²) in [6, 6.07) is 12.9. The van der Waals surface area contributed by atoms with Crippen molar-refractivity contribution in [1.29, 1.82) is 0 Å². The Morgan fingerprint density at radius 3 is 2.33 bits per heavy atom. The summed E-state index contributed by atoms with van der Waals surface area (Å²) < 4.78 is 5.92. The van der Waals surface area contributed by atoms with Crippen LogP contribution in [0.1, 0.15) is 57.1 Å². The Kier molecular flexibility index (Phi) is 3.56. The quantitative estimate of drug-likeness (QED) is 0.822. The Morgan fingerprint density at radius 2 is 1.76 bits per heavy atom. The molecule has 1 aliphatic rings.